The fourth-order valence-electron chi connectivity index (χ4n) is 2.07. The van der Waals surface area contributed by atoms with Crippen LogP contribution in [0.5, 0.6) is 0 Å². The molecule has 0 radical (unpaired) electrons. The summed E-state index contributed by atoms with van der Waals surface area (Å²) in [5.41, 5.74) is 3.36. The van der Waals surface area contributed by atoms with Crippen LogP contribution in [0, 0.1) is 20.8 Å². The molecule has 106 valence electrons. The van der Waals surface area contributed by atoms with Gasteiger partial charge in [0.2, 0.25) is 5.90 Å². The van der Waals surface area contributed by atoms with Crippen molar-refractivity contribution >= 4 is 17.9 Å². The number of carbonyl (C=O) groups is 1. The Balaban J connectivity index is 1.95. The summed E-state index contributed by atoms with van der Waals surface area (Å²) in [5.74, 6) is 1.24. The number of aryl methyl sites for hydroxylation is 3. The molecule has 2 aromatic rings. The van der Waals surface area contributed by atoms with E-state index in [1.54, 1.807) is 12.1 Å². The van der Waals surface area contributed by atoms with Crippen molar-refractivity contribution in [1.82, 2.24) is 0 Å². The number of benzene rings is 1. The van der Waals surface area contributed by atoms with E-state index < -0.39 is 5.97 Å². The summed E-state index contributed by atoms with van der Waals surface area (Å²) in [6.45, 7) is 5.89. The molecule has 0 amide bonds. The van der Waals surface area contributed by atoms with Gasteiger partial charge in [0.15, 0.2) is 5.70 Å². The summed E-state index contributed by atoms with van der Waals surface area (Å²) in [4.78, 5) is 16.1. The van der Waals surface area contributed by atoms with E-state index >= 15 is 0 Å². The van der Waals surface area contributed by atoms with Gasteiger partial charge < -0.3 is 9.15 Å². The van der Waals surface area contributed by atoms with Crippen LogP contribution in [0.15, 0.2) is 45.4 Å². The first kappa shape index (κ1) is 13.4. The van der Waals surface area contributed by atoms with E-state index in [-0.39, 0.29) is 5.70 Å². The number of carbonyl (C=O) groups excluding carboxylic acids is 1. The first-order chi connectivity index (χ1) is 10.0. The van der Waals surface area contributed by atoms with Gasteiger partial charge in [0.25, 0.3) is 0 Å². The van der Waals surface area contributed by atoms with Crippen molar-refractivity contribution in [1.29, 1.82) is 0 Å². The third-order valence-electron chi connectivity index (χ3n) is 3.41. The third-order valence-corrected chi connectivity index (χ3v) is 3.41. The Labute approximate surface area is 122 Å². The van der Waals surface area contributed by atoms with Crippen LogP contribution in [0.25, 0.3) is 6.08 Å². The van der Waals surface area contributed by atoms with Crippen molar-refractivity contribution in [2.45, 2.75) is 20.8 Å². The molecule has 0 N–H and O–H groups in total. The lowest BCUT2D eigenvalue weighted by Gasteiger charge is -2.03. The molecule has 1 aromatic heterocycles. The summed E-state index contributed by atoms with van der Waals surface area (Å²) in [7, 11) is 0. The largest absolute Gasteiger partial charge is 0.462 e. The molecule has 21 heavy (non-hydrogen) atoms. The number of aliphatic imine (C=N–C) groups is 1. The standard InChI is InChI=1S/C17H15NO3/c1-10-4-6-13(8-11(10)2)16-18-15(17(19)21-16)9-14-7-5-12(3)20-14/h4-9H,1-3H3/b15-9-. The van der Waals surface area contributed by atoms with Gasteiger partial charge in [0.05, 0.1) is 0 Å². The minimum Gasteiger partial charge on any atom is -0.462 e. The maximum Gasteiger partial charge on any atom is 0.363 e. The maximum absolute atomic E-state index is 11.9. The molecule has 0 aliphatic carbocycles. The number of furan rings is 1. The normalized spacial score (nSPS) is 16.2. The van der Waals surface area contributed by atoms with Crippen LogP contribution in [0.2, 0.25) is 0 Å². The summed E-state index contributed by atoms with van der Waals surface area (Å²) < 4.78 is 10.7. The average Bonchev–Trinajstić information content (AvgIpc) is 3.00. The SMILES string of the molecule is Cc1ccc(/C=C2\N=C(c3ccc(C)c(C)c3)OC2=O)o1. The lowest BCUT2D eigenvalue weighted by molar-refractivity contribution is -0.129. The minimum atomic E-state index is -0.461. The van der Waals surface area contributed by atoms with Crippen molar-refractivity contribution in [2.75, 3.05) is 0 Å². The average molecular weight is 281 g/mol. The second-order valence-electron chi connectivity index (χ2n) is 5.08. The van der Waals surface area contributed by atoms with Gasteiger partial charge in [-0.1, -0.05) is 6.07 Å². The number of esters is 1. The molecule has 0 saturated heterocycles. The number of ether oxygens (including phenoxy) is 1. The van der Waals surface area contributed by atoms with Gasteiger partial charge in [0, 0.05) is 11.6 Å². The van der Waals surface area contributed by atoms with Crippen LogP contribution in [0.4, 0.5) is 0 Å². The quantitative estimate of drug-likeness (QED) is 0.625. The molecule has 0 fully saturated rings. The molecule has 3 rings (SSSR count). The molecule has 4 nitrogen and oxygen atoms in total. The van der Waals surface area contributed by atoms with Gasteiger partial charge in [-0.15, -0.1) is 0 Å². The Morgan fingerprint density at radius 3 is 2.52 bits per heavy atom. The fraction of sp³-hybridized carbons (Fsp3) is 0.176. The Morgan fingerprint density at radius 1 is 1.05 bits per heavy atom. The van der Waals surface area contributed by atoms with Crippen LogP contribution in [-0.2, 0) is 9.53 Å². The van der Waals surface area contributed by atoms with E-state index in [1.807, 2.05) is 45.0 Å². The van der Waals surface area contributed by atoms with Crippen molar-refractivity contribution < 1.29 is 13.9 Å². The second kappa shape index (κ2) is 5.05. The van der Waals surface area contributed by atoms with Crippen molar-refractivity contribution in [3.8, 4) is 0 Å². The molecule has 1 aliphatic heterocycles. The summed E-state index contributed by atoms with van der Waals surface area (Å²) >= 11 is 0. The highest BCUT2D eigenvalue weighted by Crippen LogP contribution is 2.21. The number of hydrogen-bond donors (Lipinski definition) is 0. The topological polar surface area (TPSA) is 51.8 Å². The van der Waals surface area contributed by atoms with Gasteiger partial charge in [-0.25, -0.2) is 9.79 Å². The van der Waals surface area contributed by atoms with E-state index in [1.165, 1.54) is 5.56 Å². The maximum atomic E-state index is 11.9. The number of hydrogen-bond acceptors (Lipinski definition) is 4. The molecule has 1 aliphatic rings. The summed E-state index contributed by atoms with van der Waals surface area (Å²) in [6, 6.07) is 9.47. The summed E-state index contributed by atoms with van der Waals surface area (Å²) in [6.07, 6.45) is 1.59. The van der Waals surface area contributed by atoms with Crippen molar-refractivity contribution in [2.24, 2.45) is 4.99 Å². The minimum absolute atomic E-state index is 0.248. The molecular weight excluding hydrogens is 266 g/mol. The number of rotatable bonds is 2. The van der Waals surface area contributed by atoms with Crippen molar-refractivity contribution in [3.05, 3.63) is 64.2 Å². The predicted octanol–water partition coefficient (Wildman–Crippen LogP) is 3.55. The summed E-state index contributed by atoms with van der Waals surface area (Å²) in [5, 5.41) is 0. The Kier molecular flexibility index (Phi) is 3.22. The lowest BCUT2D eigenvalue weighted by atomic mass is 10.1. The highest BCUT2D eigenvalue weighted by Gasteiger charge is 2.24. The Hall–Kier alpha value is -2.62. The van der Waals surface area contributed by atoms with Crippen LogP contribution in [-0.4, -0.2) is 11.9 Å². The molecule has 1 aromatic carbocycles. The first-order valence-electron chi connectivity index (χ1n) is 6.69. The first-order valence-corrected chi connectivity index (χ1v) is 6.69. The van der Waals surface area contributed by atoms with Gasteiger partial charge in [-0.2, -0.15) is 0 Å². The molecular formula is C17H15NO3. The van der Waals surface area contributed by atoms with E-state index in [0.29, 0.717) is 11.7 Å². The zero-order valence-corrected chi connectivity index (χ0v) is 12.1. The van der Waals surface area contributed by atoms with Gasteiger partial charge in [-0.3, -0.25) is 0 Å². The van der Waals surface area contributed by atoms with E-state index in [0.717, 1.165) is 16.9 Å². The molecule has 0 bridgehead atoms. The van der Waals surface area contributed by atoms with Crippen LogP contribution >= 0.6 is 0 Å². The van der Waals surface area contributed by atoms with E-state index in [4.69, 9.17) is 9.15 Å². The third kappa shape index (κ3) is 2.65. The van der Waals surface area contributed by atoms with Gasteiger partial charge >= 0.3 is 5.97 Å². The van der Waals surface area contributed by atoms with Gasteiger partial charge in [0.1, 0.15) is 11.5 Å². The molecule has 2 heterocycles. The smallest absolute Gasteiger partial charge is 0.363 e. The highest BCUT2D eigenvalue weighted by molar-refractivity contribution is 6.12. The van der Waals surface area contributed by atoms with Crippen LogP contribution < -0.4 is 0 Å². The van der Waals surface area contributed by atoms with Crippen LogP contribution in [0.3, 0.4) is 0 Å². The van der Waals surface area contributed by atoms with E-state index in [9.17, 15) is 4.79 Å². The second-order valence-corrected chi connectivity index (χ2v) is 5.08. The highest BCUT2D eigenvalue weighted by atomic mass is 16.6. The fourth-order valence-corrected chi connectivity index (χ4v) is 2.07. The van der Waals surface area contributed by atoms with E-state index in [2.05, 4.69) is 4.99 Å². The zero-order chi connectivity index (χ0) is 15.0. The monoisotopic (exact) mass is 281 g/mol. The van der Waals surface area contributed by atoms with Crippen molar-refractivity contribution in [3.63, 3.8) is 0 Å². The molecule has 0 unspecified atom stereocenters. The molecule has 0 spiro atoms. The molecule has 4 heteroatoms. The molecule has 0 saturated carbocycles. The Bertz CT molecular complexity index is 781. The molecule has 0 atom stereocenters. The lowest BCUT2D eigenvalue weighted by Crippen LogP contribution is -2.05. The number of cyclic esters (lactones) is 1. The zero-order valence-electron chi connectivity index (χ0n) is 12.1. The predicted molar refractivity (Wildman–Crippen MR) is 80.0 cm³/mol. The Morgan fingerprint density at radius 2 is 1.86 bits per heavy atom. The van der Waals surface area contributed by atoms with Crippen LogP contribution in [0.1, 0.15) is 28.2 Å². The van der Waals surface area contributed by atoms with Gasteiger partial charge in [-0.05, 0) is 56.2 Å². The number of nitrogens with zero attached hydrogens (tertiary/aromatic N) is 1.